The lowest BCUT2D eigenvalue weighted by Crippen LogP contribution is -2.49. The average molecular weight is 415 g/mol. The van der Waals surface area contributed by atoms with Crippen molar-refractivity contribution in [3.05, 3.63) is 57.0 Å². The number of amides is 1. The zero-order chi connectivity index (χ0) is 21.0. The molecule has 0 aliphatic carbocycles. The van der Waals surface area contributed by atoms with E-state index in [9.17, 15) is 9.59 Å². The van der Waals surface area contributed by atoms with E-state index in [0.29, 0.717) is 22.9 Å². The molecule has 156 valence electrons. The molecule has 0 spiro atoms. The summed E-state index contributed by atoms with van der Waals surface area (Å²) in [5.74, 6) is 0.421. The number of hydrogen-bond donors (Lipinski definition) is 0. The van der Waals surface area contributed by atoms with Crippen LogP contribution in [0.4, 0.5) is 0 Å². The average Bonchev–Trinajstić information content (AvgIpc) is 2.73. The van der Waals surface area contributed by atoms with Crippen LogP contribution in [0.25, 0.3) is 0 Å². The third-order valence-corrected chi connectivity index (χ3v) is 6.69. The van der Waals surface area contributed by atoms with Crippen molar-refractivity contribution >= 4 is 17.7 Å². The van der Waals surface area contributed by atoms with Gasteiger partial charge in [0.05, 0.1) is 5.75 Å². The fourth-order valence-corrected chi connectivity index (χ4v) is 4.51. The molecule has 3 rings (SSSR count). The van der Waals surface area contributed by atoms with Gasteiger partial charge in [-0.15, -0.1) is 0 Å². The minimum absolute atomic E-state index is 0.0349. The summed E-state index contributed by atoms with van der Waals surface area (Å²) in [6.45, 7) is 10.5. The van der Waals surface area contributed by atoms with Crippen LogP contribution in [0.5, 0.6) is 0 Å². The first-order valence-corrected chi connectivity index (χ1v) is 11.1. The molecule has 0 N–H and O–H groups in total. The van der Waals surface area contributed by atoms with Gasteiger partial charge in [-0.05, 0) is 31.5 Å². The zero-order valence-corrected chi connectivity index (χ0v) is 18.6. The molecule has 7 heteroatoms. The summed E-state index contributed by atoms with van der Waals surface area (Å²) in [5, 5.41) is 0.599. The fraction of sp³-hybridized carbons (Fsp3) is 0.500. The number of hydrogen-bond acceptors (Lipinski definition) is 5. The second kappa shape index (κ2) is 9.59. The maximum Gasteiger partial charge on any atom is 0.257 e. The number of likely N-dealkylation sites (N-methyl/N-ethyl adjacent to an activating group) is 1. The van der Waals surface area contributed by atoms with Gasteiger partial charge in [0, 0.05) is 50.9 Å². The molecule has 1 aromatic heterocycles. The molecule has 1 saturated heterocycles. The number of aromatic nitrogens is 2. The number of carbonyl (C=O) groups excluding carboxylic acids is 1. The van der Waals surface area contributed by atoms with Crippen LogP contribution in [0, 0.1) is 13.8 Å². The largest absolute Gasteiger partial charge is 0.339 e. The van der Waals surface area contributed by atoms with Crippen molar-refractivity contribution in [2.24, 2.45) is 7.05 Å². The molecule has 0 bridgehead atoms. The van der Waals surface area contributed by atoms with Crippen LogP contribution in [-0.2, 0) is 18.3 Å². The van der Waals surface area contributed by atoms with E-state index >= 15 is 0 Å². The minimum Gasteiger partial charge on any atom is -0.339 e. The molecule has 1 amide bonds. The molecule has 0 radical (unpaired) electrons. The minimum atomic E-state index is -0.0349. The maximum atomic E-state index is 13.0. The number of piperazine rings is 1. The molecular weight excluding hydrogens is 384 g/mol. The number of carbonyl (C=O) groups is 1. The molecular formula is C22H30N4O2S. The van der Waals surface area contributed by atoms with Crippen molar-refractivity contribution in [2.75, 3.05) is 38.5 Å². The molecule has 2 aromatic rings. The highest BCUT2D eigenvalue weighted by atomic mass is 32.2. The van der Waals surface area contributed by atoms with Crippen molar-refractivity contribution in [3.8, 4) is 0 Å². The van der Waals surface area contributed by atoms with Gasteiger partial charge in [-0.3, -0.25) is 14.2 Å². The number of thioether (sulfide) groups is 1. The van der Waals surface area contributed by atoms with Crippen LogP contribution >= 0.6 is 11.8 Å². The van der Waals surface area contributed by atoms with E-state index in [2.05, 4.69) is 29.8 Å². The van der Waals surface area contributed by atoms with Crippen molar-refractivity contribution in [2.45, 2.75) is 32.3 Å². The fourth-order valence-electron chi connectivity index (χ4n) is 3.59. The summed E-state index contributed by atoms with van der Waals surface area (Å²) in [4.78, 5) is 34.4. The molecule has 1 fully saturated rings. The Morgan fingerprint density at radius 2 is 1.83 bits per heavy atom. The maximum absolute atomic E-state index is 13.0. The van der Waals surface area contributed by atoms with Crippen LogP contribution in [0.15, 0.2) is 34.2 Å². The molecule has 1 aliphatic heterocycles. The molecule has 6 nitrogen and oxygen atoms in total. The molecule has 1 aliphatic rings. The summed E-state index contributed by atoms with van der Waals surface area (Å²) in [6.07, 6.45) is 0.573. The summed E-state index contributed by atoms with van der Waals surface area (Å²) < 4.78 is 1.58. The van der Waals surface area contributed by atoms with E-state index in [1.807, 2.05) is 30.0 Å². The Balaban J connectivity index is 1.69. The first-order valence-electron chi connectivity index (χ1n) is 10.1. The second-order valence-corrected chi connectivity index (χ2v) is 8.47. The lowest BCUT2D eigenvalue weighted by atomic mass is 10.0. The quantitative estimate of drug-likeness (QED) is 0.536. The van der Waals surface area contributed by atoms with Crippen LogP contribution in [0.1, 0.15) is 29.3 Å². The Labute approximate surface area is 176 Å². The summed E-state index contributed by atoms with van der Waals surface area (Å²) in [5.41, 5.74) is 3.72. The van der Waals surface area contributed by atoms with E-state index < -0.39 is 0 Å². The SMILES string of the molecule is CCN1CCN(C(=O)CSc2nc(C)c(Cc3ccccc3C)c(=O)n2C)CC1. The van der Waals surface area contributed by atoms with E-state index in [1.165, 1.54) is 17.3 Å². The molecule has 2 heterocycles. The predicted molar refractivity (Wildman–Crippen MR) is 118 cm³/mol. The van der Waals surface area contributed by atoms with Gasteiger partial charge in [0.1, 0.15) is 0 Å². The smallest absolute Gasteiger partial charge is 0.257 e. The Morgan fingerprint density at radius 3 is 2.48 bits per heavy atom. The van der Waals surface area contributed by atoms with E-state index in [-0.39, 0.29) is 11.5 Å². The summed E-state index contributed by atoms with van der Waals surface area (Å²) >= 11 is 1.35. The molecule has 1 aromatic carbocycles. The van der Waals surface area contributed by atoms with Gasteiger partial charge in [0.15, 0.2) is 5.16 Å². The lowest BCUT2D eigenvalue weighted by molar-refractivity contribution is -0.130. The summed E-state index contributed by atoms with van der Waals surface area (Å²) in [6, 6.07) is 8.10. The van der Waals surface area contributed by atoms with E-state index in [0.717, 1.165) is 44.0 Å². The second-order valence-electron chi connectivity index (χ2n) is 7.53. The van der Waals surface area contributed by atoms with Crippen LogP contribution in [-0.4, -0.2) is 63.7 Å². The van der Waals surface area contributed by atoms with Gasteiger partial charge in [0.25, 0.3) is 5.56 Å². The zero-order valence-electron chi connectivity index (χ0n) is 17.8. The highest BCUT2D eigenvalue weighted by Gasteiger charge is 2.21. The molecule has 0 atom stereocenters. The molecule has 0 unspecified atom stereocenters. The highest BCUT2D eigenvalue weighted by Crippen LogP contribution is 2.18. The van der Waals surface area contributed by atoms with Gasteiger partial charge in [-0.1, -0.05) is 43.0 Å². The molecule has 0 saturated carbocycles. The number of rotatable bonds is 6. The highest BCUT2D eigenvalue weighted by molar-refractivity contribution is 7.99. The van der Waals surface area contributed by atoms with Gasteiger partial charge in [-0.2, -0.15) is 0 Å². The van der Waals surface area contributed by atoms with Crippen molar-refractivity contribution < 1.29 is 4.79 Å². The number of aryl methyl sites for hydroxylation is 2. The Bertz CT molecular complexity index is 933. The predicted octanol–water partition coefficient (Wildman–Crippen LogP) is 2.24. The van der Waals surface area contributed by atoms with Crippen molar-refractivity contribution in [3.63, 3.8) is 0 Å². The molecule has 29 heavy (non-hydrogen) atoms. The lowest BCUT2D eigenvalue weighted by Gasteiger charge is -2.34. The standard InChI is InChI=1S/C22H30N4O2S/c1-5-25-10-12-26(13-11-25)20(27)15-29-22-23-17(3)19(21(28)24(22)4)14-18-9-7-6-8-16(18)2/h6-9H,5,10-15H2,1-4H3. The first-order chi connectivity index (χ1) is 13.9. The number of nitrogens with zero attached hydrogens (tertiary/aromatic N) is 4. The number of benzene rings is 1. The van der Waals surface area contributed by atoms with E-state index in [1.54, 1.807) is 11.6 Å². The van der Waals surface area contributed by atoms with Gasteiger partial charge < -0.3 is 9.80 Å². The van der Waals surface area contributed by atoms with Crippen molar-refractivity contribution in [1.29, 1.82) is 0 Å². The Morgan fingerprint density at radius 1 is 1.14 bits per heavy atom. The van der Waals surface area contributed by atoms with Crippen LogP contribution in [0.2, 0.25) is 0 Å². The summed E-state index contributed by atoms with van der Waals surface area (Å²) in [7, 11) is 1.74. The topological polar surface area (TPSA) is 58.4 Å². The van der Waals surface area contributed by atoms with E-state index in [4.69, 9.17) is 0 Å². The van der Waals surface area contributed by atoms with Crippen molar-refractivity contribution in [1.82, 2.24) is 19.4 Å². The monoisotopic (exact) mass is 414 g/mol. The Kier molecular flexibility index (Phi) is 7.14. The third kappa shape index (κ3) is 5.08. The Hall–Kier alpha value is -2.12. The van der Waals surface area contributed by atoms with Gasteiger partial charge in [0.2, 0.25) is 5.91 Å². The van der Waals surface area contributed by atoms with Crippen LogP contribution < -0.4 is 5.56 Å². The normalized spacial score (nSPS) is 15.0. The first kappa shape index (κ1) is 21.6. The van der Waals surface area contributed by atoms with Gasteiger partial charge >= 0.3 is 0 Å². The van der Waals surface area contributed by atoms with Gasteiger partial charge in [-0.25, -0.2) is 4.98 Å². The van der Waals surface area contributed by atoms with Crippen LogP contribution in [0.3, 0.4) is 0 Å². The third-order valence-electron chi connectivity index (χ3n) is 5.68.